The van der Waals surface area contributed by atoms with E-state index in [4.69, 9.17) is 9.88 Å². The van der Waals surface area contributed by atoms with Crippen molar-refractivity contribution in [3.8, 4) is 0 Å². The van der Waals surface area contributed by atoms with Crippen LogP contribution in [0.15, 0.2) is 0 Å². The Labute approximate surface area is 113 Å². The van der Waals surface area contributed by atoms with E-state index in [0.717, 1.165) is 25.9 Å². The van der Waals surface area contributed by atoms with Crippen molar-refractivity contribution in [1.29, 1.82) is 0 Å². The number of piperidine rings is 1. The van der Waals surface area contributed by atoms with Gasteiger partial charge in [0.1, 0.15) is 11.9 Å². The molecule has 1 spiro atoms. The van der Waals surface area contributed by atoms with Gasteiger partial charge in [0.25, 0.3) is 0 Å². The first kappa shape index (κ1) is 13.3. The van der Waals surface area contributed by atoms with Gasteiger partial charge in [0.2, 0.25) is 10.0 Å². The van der Waals surface area contributed by atoms with E-state index < -0.39 is 16.1 Å². The average molecular weight is 288 g/mol. The maximum Gasteiger partial charge on any atom is 0.306 e. The number of carbonyl (C=O) groups is 1. The number of primary sulfonamides is 1. The van der Waals surface area contributed by atoms with Crippen LogP contribution in [0.25, 0.3) is 0 Å². The summed E-state index contributed by atoms with van der Waals surface area (Å²) in [6.07, 6.45) is 3.97. The average Bonchev–Trinajstić information content (AvgIpc) is 3.07. The molecule has 2 heterocycles. The topological polar surface area (TPSA) is 89.7 Å². The predicted octanol–water partition coefficient (Wildman–Crippen LogP) is -0.165. The van der Waals surface area contributed by atoms with Crippen LogP contribution in [0.4, 0.5) is 0 Å². The Morgan fingerprint density at radius 3 is 2.47 bits per heavy atom. The Hall–Kier alpha value is -0.660. The highest BCUT2D eigenvalue weighted by atomic mass is 32.2. The van der Waals surface area contributed by atoms with Gasteiger partial charge >= 0.3 is 5.97 Å². The summed E-state index contributed by atoms with van der Waals surface area (Å²) < 4.78 is 27.8. The van der Waals surface area contributed by atoms with Gasteiger partial charge in [0, 0.05) is 11.5 Å². The first-order chi connectivity index (χ1) is 8.88. The Morgan fingerprint density at radius 1 is 1.32 bits per heavy atom. The highest BCUT2D eigenvalue weighted by Crippen LogP contribution is 2.46. The van der Waals surface area contributed by atoms with Crippen LogP contribution in [-0.2, 0) is 19.6 Å². The lowest BCUT2D eigenvalue weighted by atomic mass is 9.73. The van der Waals surface area contributed by atoms with Crippen molar-refractivity contribution >= 4 is 16.0 Å². The Balaban J connectivity index is 1.71. The Morgan fingerprint density at radius 2 is 1.95 bits per heavy atom. The van der Waals surface area contributed by atoms with Crippen molar-refractivity contribution in [1.82, 2.24) is 4.90 Å². The second kappa shape index (κ2) is 4.43. The molecule has 0 bridgehead atoms. The third-order valence-electron chi connectivity index (χ3n) is 4.69. The number of cyclic esters (lactones) is 1. The second-order valence-corrected chi connectivity index (χ2v) is 7.77. The minimum absolute atomic E-state index is 0.248. The molecule has 6 nitrogen and oxygen atoms in total. The smallest absolute Gasteiger partial charge is 0.306 e. The summed E-state index contributed by atoms with van der Waals surface area (Å²) >= 11 is 0. The zero-order valence-electron chi connectivity index (χ0n) is 10.9. The molecule has 1 atom stereocenters. The highest BCUT2D eigenvalue weighted by molar-refractivity contribution is 7.89. The second-order valence-electron chi connectivity index (χ2n) is 6.11. The third kappa shape index (κ3) is 2.78. The molecule has 2 saturated heterocycles. The zero-order chi connectivity index (χ0) is 13.7. The molecule has 7 heteroatoms. The fourth-order valence-corrected chi connectivity index (χ4v) is 4.26. The maximum absolute atomic E-state index is 11.6. The van der Waals surface area contributed by atoms with Crippen LogP contribution in [0, 0.1) is 5.41 Å². The molecular formula is C12H20N2O4S. The third-order valence-corrected chi connectivity index (χ3v) is 5.46. The van der Waals surface area contributed by atoms with Gasteiger partial charge in [-0.15, -0.1) is 0 Å². The molecule has 0 amide bonds. The van der Waals surface area contributed by atoms with Crippen molar-refractivity contribution in [3.05, 3.63) is 0 Å². The lowest BCUT2D eigenvalue weighted by Gasteiger charge is -2.40. The molecule has 0 radical (unpaired) electrons. The molecule has 108 valence electrons. The van der Waals surface area contributed by atoms with Gasteiger partial charge in [-0.25, -0.2) is 13.6 Å². The Bertz CT molecular complexity index is 478. The first-order valence-electron chi connectivity index (χ1n) is 6.82. The number of nitrogens with two attached hydrogens (primary N) is 1. The summed E-state index contributed by atoms with van der Waals surface area (Å²) in [5, 5.41) is 5.11. The molecule has 1 saturated carbocycles. The van der Waals surface area contributed by atoms with E-state index in [0.29, 0.717) is 12.5 Å². The molecule has 1 unspecified atom stereocenters. The number of sulfonamides is 1. The van der Waals surface area contributed by atoms with Gasteiger partial charge in [-0.2, -0.15) is 0 Å². The molecule has 0 aromatic carbocycles. The minimum Gasteiger partial charge on any atom is -0.461 e. The number of ether oxygens (including phenoxy) is 1. The van der Waals surface area contributed by atoms with E-state index in [2.05, 4.69) is 4.90 Å². The maximum atomic E-state index is 11.6. The highest BCUT2D eigenvalue weighted by Gasteiger charge is 2.52. The molecule has 2 N–H and O–H groups in total. The van der Waals surface area contributed by atoms with Crippen molar-refractivity contribution in [2.45, 2.75) is 44.2 Å². The molecular weight excluding hydrogens is 268 g/mol. The van der Waals surface area contributed by atoms with E-state index in [1.807, 2.05) is 0 Å². The standard InChI is InChI=1S/C12H20N2O4S/c13-19(16,17)8-10-12(7-11(15)18-10)3-5-14(6-4-12)9-1-2-9/h9-10H,1-8H2,(H2,13,16,17). The molecule has 3 rings (SSSR count). The number of likely N-dealkylation sites (tertiary alicyclic amines) is 1. The van der Waals surface area contributed by atoms with E-state index >= 15 is 0 Å². The van der Waals surface area contributed by atoms with Gasteiger partial charge in [-0.3, -0.25) is 4.79 Å². The van der Waals surface area contributed by atoms with Crippen molar-refractivity contribution in [3.63, 3.8) is 0 Å². The lowest BCUT2D eigenvalue weighted by Crippen LogP contribution is -2.47. The van der Waals surface area contributed by atoms with Crippen LogP contribution in [0.5, 0.6) is 0 Å². The van der Waals surface area contributed by atoms with Gasteiger partial charge in [-0.1, -0.05) is 0 Å². The van der Waals surface area contributed by atoms with Crippen LogP contribution in [-0.4, -0.2) is 50.3 Å². The number of nitrogens with zero attached hydrogens (tertiary/aromatic N) is 1. The number of hydrogen-bond donors (Lipinski definition) is 1. The molecule has 1 aliphatic carbocycles. The molecule has 3 fully saturated rings. The largest absolute Gasteiger partial charge is 0.461 e. The van der Waals surface area contributed by atoms with Crippen LogP contribution in [0.2, 0.25) is 0 Å². The van der Waals surface area contributed by atoms with E-state index in [1.165, 1.54) is 12.8 Å². The van der Waals surface area contributed by atoms with Gasteiger partial charge < -0.3 is 9.64 Å². The minimum atomic E-state index is -3.61. The van der Waals surface area contributed by atoms with Crippen molar-refractivity contribution in [2.75, 3.05) is 18.8 Å². The fourth-order valence-electron chi connectivity index (χ4n) is 3.42. The van der Waals surface area contributed by atoms with Gasteiger partial charge in [0.15, 0.2) is 0 Å². The van der Waals surface area contributed by atoms with E-state index in [9.17, 15) is 13.2 Å². The molecule has 2 aliphatic heterocycles. The van der Waals surface area contributed by atoms with Crippen molar-refractivity contribution < 1.29 is 17.9 Å². The number of esters is 1. The molecule has 0 aromatic heterocycles. The monoisotopic (exact) mass is 288 g/mol. The van der Waals surface area contributed by atoms with Crippen LogP contribution in [0.1, 0.15) is 32.1 Å². The summed E-state index contributed by atoms with van der Waals surface area (Å²) in [4.78, 5) is 14.0. The number of hydrogen-bond acceptors (Lipinski definition) is 5. The molecule has 19 heavy (non-hydrogen) atoms. The normalized spacial score (nSPS) is 31.6. The predicted molar refractivity (Wildman–Crippen MR) is 68.7 cm³/mol. The summed E-state index contributed by atoms with van der Waals surface area (Å²) in [6, 6.07) is 0.715. The van der Waals surface area contributed by atoms with E-state index in [-0.39, 0.29) is 17.1 Å². The fraction of sp³-hybridized carbons (Fsp3) is 0.917. The summed E-state index contributed by atoms with van der Waals surface area (Å²) in [7, 11) is -3.61. The van der Waals surface area contributed by atoms with Crippen molar-refractivity contribution in [2.24, 2.45) is 10.6 Å². The summed E-state index contributed by atoms with van der Waals surface area (Å²) in [5.41, 5.74) is -0.311. The lowest BCUT2D eigenvalue weighted by molar-refractivity contribution is -0.141. The zero-order valence-corrected chi connectivity index (χ0v) is 11.7. The summed E-state index contributed by atoms with van der Waals surface area (Å²) in [6.45, 7) is 1.87. The van der Waals surface area contributed by atoms with Crippen LogP contribution >= 0.6 is 0 Å². The van der Waals surface area contributed by atoms with E-state index in [1.54, 1.807) is 0 Å². The van der Waals surface area contributed by atoms with Crippen LogP contribution in [0.3, 0.4) is 0 Å². The number of carbonyl (C=O) groups excluding carboxylic acids is 1. The van der Waals surface area contributed by atoms with Crippen LogP contribution < -0.4 is 5.14 Å². The number of rotatable bonds is 3. The van der Waals surface area contributed by atoms with Gasteiger partial charge in [-0.05, 0) is 38.8 Å². The first-order valence-corrected chi connectivity index (χ1v) is 8.54. The SMILES string of the molecule is NS(=O)(=O)CC1OC(=O)CC12CCN(C1CC1)CC2. The molecule has 3 aliphatic rings. The van der Waals surface area contributed by atoms with Gasteiger partial charge in [0.05, 0.1) is 6.42 Å². The molecule has 0 aromatic rings. The summed E-state index contributed by atoms with van der Waals surface area (Å²) in [5.74, 6) is -0.532. The Kier molecular flexibility index (Phi) is 3.11. The quantitative estimate of drug-likeness (QED) is 0.729.